The van der Waals surface area contributed by atoms with Gasteiger partial charge in [0.2, 0.25) is 0 Å². The second kappa shape index (κ2) is 22.6. The van der Waals surface area contributed by atoms with Crippen LogP contribution in [0.15, 0.2) is 36.4 Å². The summed E-state index contributed by atoms with van der Waals surface area (Å²) in [6.45, 7) is 11.3. The number of benzene rings is 2. The van der Waals surface area contributed by atoms with E-state index in [-0.39, 0.29) is 50.5 Å². The zero-order valence-corrected chi connectivity index (χ0v) is 34.9. The molecular weight excluding hydrogens is 740 g/mol. The van der Waals surface area contributed by atoms with Crippen molar-refractivity contribution in [2.75, 3.05) is 107 Å². The van der Waals surface area contributed by atoms with Gasteiger partial charge in [0.05, 0.1) is 107 Å². The van der Waals surface area contributed by atoms with Crippen LogP contribution in [-0.2, 0) is 28.4 Å². The molecule has 4 rings (SSSR count). The number of rotatable bonds is 26. The first-order chi connectivity index (χ1) is 27.6. The molecule has 0 atom stereocenters. The molecule has 14 heteroatoms. The van der Waals surface area contributed by atoms with Gasteiger partial charge in [-0.15, -0.1) is 0 Å². The van der Waals surface area contributed by atoms with E-state index in [1.807, 2.05) is 50.2 Å². The Morgan fingerprint density at radius 2 is 0.947 bits per heavy atom. The summed E-state index contributed by atoms with van der Waals surface area (Å²) in [4.78, 5) is 0. The fourth-order valence-corrected chi connectivity index (χ4v) is 6.58. The minimum atomic E-state index is -0.654. The fourth-order valence-electron chi connectivity index (χ4n) is 6.58. The maximum absolute atomic E-state index is 9.75. The van der Waals surface area contributed by atoms with E-state index in [0.29, 0.717) is 95.1 Å². The third-order valence-electron chi connectivity index (χ3n) is 11.9. The van der Waals surface area contributed by atoms with Gasteiger partial charge in [-0.05, 0) is 49.9 Å². The van der Waals surface area contributed by atoms with Crippen LogP contribution >= 0.6 is 0 Å². The second-order valence-corrected chi connectivity index (χ2v) is 15.8. The maximum Gasteiger partial charge on any atom is 0.183 e. The molecule has 2 aliphatic rings. The Morgan fingerprint density at radius 1 is 0.579 bits per heavy atom. The molecule has 2 aliphatic heterocycles. The summed E-state index contributed by atoms with van der Waals surface area (Å²) in [7, 11) is 3.19. The largest absolute Gasteiger partial charge is 0.493 e. The molecule has 2 fully saturated rings. The Labute approximate surface area is 338 Å². The van der Waals surface area contributed by atoms with Gasteiger partial charge in [-0.2, -0.15) is 0 Å². The highest BCUT2D eigenvalue weighted by Gasteiger charge is 2.39. The van der Waals surface area contributed by atoms with E-state index < -0.39 is 23.4 Å². The number of hydrogen-bond acceptors (Lipinski definition) is 14. The molecule has 2 saturated heterocycles. The average Bonchev–Trinajstić information content (AvgIpc) is 3.27. The zero-order chi connectivity index (χ0) is 41.4. The smallest absolute Gasteiger partial charge is 0.183 e. The van der Waals surface area contributed by atoms with E-state index in [4.69, 9.17) is 47.4 Å². The van der Waals surface area contributed by atoms with Crippen LogP contribution in [0.4, 0.5) is 0 Å². The number of aliphatic hydroxyl groups is 4. The highest BCUT2D eigenvalue weighted by Crippen LogP contribution is 2.40. The molecule has 57 heavy (non-hydrogen) atoms. The predicted octanol–water partition coefficient (Wildman–Crippen LogP) is 5.23. The van der Waals surface area contributed by atoms with Gasteiger partial charge < -0.3 is 67.8 Å². The topological polar surface area (TPSA) is 173 Å². The second-order valence-electron chi connectivity index (χ2n) is 15.8. The quantitative estimate of drug-likeness (QED) is 0.0911. The molecule has 0 aromatic heterocycles. The van der Waals surface area contributed by atoms with Crippen LogP contribution in [0.1, 0.15) is 83.5 Å². The van der Waals surface area contributed by atoms with Gasteiger partial charge in [0, 0.05) is 39.2 Å². The first kappa shape index (κ1) is 46.9. The van der Waals surface area contributed by atoms with Gasteiger partial charge >= 0.3 is 0 Å². The molecule has 0 radical (unpaired) electrons. The summed E-state index contributed by atoms with van der Waals surface area (Å²) in [6.07, 6.45) is 2.28. The van der Waals surface area contributed by atoms with Crippen molar-refractivity contribution in [2.45, 2.75) is 72.4 Å². The van der Waals surface area contributed by atoms with E-state index in [9.17, 15) is 20.4 Å². The van der Waals surface area contributed by atoms with E-state index in [1.165, 1.54) is 0 Å². The summed E-state index contributed by atoms with van der Waals surface area (Å²) in [5.74, 6) is 2.32. The van der Waals surface area contributed by atoms with Gasteiger partial charge in [-0.25, -0.2) is 0 Å². The molecule has 4 N–H and O–H groups in total. The van der Waals surface area contributed by atoms with Crippen molar-refractivity contribution in [1.82, 2.24) is 0 Å². The van der Waals surface area contributed by atoms with Crippen LogP contribution in [0.3, 0.4) is 0 Å². The van der Waals surface area contributed by atoms with Crippen LogP contribution in [0.2, 0.25) is 0 Å². The maximum atomic E-state index is 9.75. The number of methoxy groups -OCH3 is 2. The summed E-state index contributed by atoms with van der Waals surface area (Å²) in [5.41, 5.74) is -0.335. The molecule has 2 heterocycles. The lowest BCUT2D eigenvalue weighted by Crippen LogP contribution is -2.43. The summed E-state index contributed by atoms with van der Waals surface area (Å²) in [6, 6.07) is 11.2. The lowest BCUT2D eigenvalue weighted by atomic mass is 9.86. The zero-order valence-electron chi connectivity index (χ0n) is 34.9. The Morgan fingerprint density at radius 3 is 1.25 bits per heavy atom. The van der Waals surface area contributed by atoms with Crippen molar-refractivity contribution in [3.05, 3.63) is 47.5 Å². The molecule has 0 spiro atoms. The summed E-state index contributed by atoms with van der Waals surface area (Å²) < 4.78 is 60.1. The van der Waals surface area contributed by atoms with Gasteiger partial charge in [0.15, 0.2) is 35.6 Å². The normalized spacial score (nSPS) is 23.0. The van der Waals surface area contributed by atoms with Gasteiger partial charge in [0.25, 0.3) is 0 Å². The molecule has 0 aliphatic carbocycles. The molecule has 2 aromatic carbocycles. The number of ether oxygens (including phenoxy) is 10. The molecule has 0 unspecified atom stereocenters. The monoisotopic (exact) mass is 808 g/mol. The summed E-state index contributed by atoms with van der Waals surface area (Å²) >= 11 is 0. The minimum Gasteiger partial charge on any atom is -0.493 e. The molecule has 2 aromatic rings. The van der Waals surface area contributed by atoms with E-state index in [2.05, 4.69) is 13.8 Å². The summed E-state index contributed by atoms with van der Waals surface area (Å²) in [5, 5.41) is 39.0. The van der Waals surface area contributed by atoms with E-state index in [0.717, 1.165) is 24.0 Å². The molecule has 14 nitrogen and oxygen atoms in total. The lowest BCUT2D eigenvalue weighted by molar-refractivity contribution is -0.247. The van der Waals surface area contributed by atoms with Gasteiger partial charge in [0.1, 0.15) is 0 Å². The van der Waals surface area contributed by atoms with Crippen molar-refractivity contribution in [2.24, 2.45) is 21.7 Å². The Bertz CT molecular complexity index is 1320. The first-order valence-corrected chi connectivity index (χ1v) is 20.3. The Balaban J connectivity index is 1.22. The number of hydrogen-bond donors (Lipinski definition) is 4. The van der Waals surface area contributed by atoms with Gasteiger partial charge in [-0.1, -0.05) is 39.8 Å². The third-order valence-corrected chi connectivity index (χ3v) is 11.9. The van der Waals surface area contributed by atoms with Crippen molar-refractivity contribution < 1.29 is 67.8 Å². The molecular formula is C43H68O14. The SMILES string of the molecule is CCC(CO)(CO)COCC1(CC)COC(c2ccc(OCCCOc3ccc(C4OCC(CC)(COCC(CC)(CO)CO)CO4)cc3OC)c(OC)c2)OC1. The minimum absolute atomic E-state index is 0.136. The first-order valence-electron chi connectivity index (χ1n) is 20.3. The third kappa shape index (κ3) is 12.2. The van der Waals surface area contributed by atoms with Crippen LogP contribution < -0.4 is 18.9 Å². The highest BCUT2D eigenvalue weighted by atomic mass is 16.7. The highest BCUT2D eigenvalue weighted by molar-refractivity contribution is 5.44. The predicted molar refractivity (Wildman–Crippen MR) is 212 cm³/mol. The Hall–Kier alpha value is -2.76. The van der Waals surface area contributed by atoms with Crippen molar-refractivity contribution >= 4 is 0 Å². The average molecular weight is 809 g/mol. The van der Waals surface area contributed by atoms with Crippen LogP contribution in [0.5, 0.6) is 23.0 Å². The molecule has 0 amide bonds. The van der Waals surface area contributed by atoms with Crippen molar-refractivity contribution in [3.8, 4) is 23.0 Å². The van der Waals surface area contributed by atoms with Crippen LogP contribution in [-0.4, -0.2) is 127 Å². The van der Waals surface area contributed by atoms with Crippen molar-refractivity contribution in [1.29, 1.82) is 0 Å². The number of aliphatic hydroxyl groups excluding tert-OH is 4. The molecule has 324 valence electrons. The molecule has 0 saturated carbocycles. The van der Waals surface area contributed by atoms with E-state index in [1.54, 1.807) is 14.2 Å². The standard InChI is InChI=1S/C43H68O14/c1-7-40(20-44,21-45)24-50-26-42(9-3)28-54-38(55-29-42)32-12-14-34(36(18-32)48-5)52-16-11-17-53-35-15-13-33(19-37(35)49-6)39-56-30-43(10-4,31-57-39)27-51-25-41(8-2,22-46)23-47/h12-15,18-19,38-39,44-47H,7-11,16-17,20-31H2,1-6H3. The van der Waals surface area contributed by atoms with Gasteiger partial charge in [-0.3, -0.25) is 0 Å². The Kier molecular flexibility index (Phi) is 18.6. The van der Waals surface area contributed by atoms with E-state index >= 15 is 0 Å². The van der Waals surface area contributed by atoms with Crippen LogP contribution in [0, 0.1) is 21.7 Å². The van der Waals surface area contributed by atoms with Crippen LogP contribution in [0.25, 0.3) is 0 Å². The lowest BCUT2D eigenvalue weighted by Gasteiger charge is -2.40. The molecule has 0 bridgehead atoms. The van der Waals surface area contributed by atoms with Crippen molar-refractivity contribution in [3.63, 3.8) is 0 Å². The fraction of sp³-hybridized carbons (Fsp3) is 0.721.